The van der Waals surface area contributed by atoms with Crippen LogP contribution in [0.15, 0.2) is 18.2 Å². The second-order valence-electron chi connectivity index (χ2n) is 3.58. The minimum Gasteiger partial charge on any atom is -0.381 e. The number of anilines is 1. The number of rotatable bonds is 6. The van der Waals surface area contributed by atoms with Crippen molar-refractivity contribution in [2.75, 3.05) is 31.5 Å². The van der Waals surface area contributed by atoms with E-state index in [2.05, 4.69) is 46.7 Å². The minimum absolute atomic E-state index is 0.175. The molecule has 0 heterocycles. The first-order valence-corrected chi connectivity index (χ1v) is 6.66. The van der Waals surface area contributed by atoms with Crippen LogP contribution in [-0.2, 0) is 0 Å². The number of benzene rings is 1. The summed E-state index contributed by atoms with van der Waals surface area (Å²) in [6, 6.07) is 5.24. The van der Waals surface area contributed by atoms with Crippen molar-refractivity contribution in [2.24, 2.45) is 0 Å². The summed E-state index contributed by atoms with van der Waals surface area (Å²) in [6.45, 7) is 8.06. The molecule has 0 aromatic heterocycles. The van der Waals surface area contributed by atoms with Gasteiger partial charge in [0, 0.05) is 16.7 Å². The lowest BCUT2D eigenvalue weighted by molar-refractivity contribution is 0.316. The van der Waals surface area contributed by atoms with E-state index >= 15 is 0 Å². The monoisotopic (exact) mass is 336 g/mol. The fourth-order valence-electron chi connectivity index (χ4n) is 1.52. The van der Waals surface area contributed by atoms with E-state index in [1.807, 2.05) is 6.07 Å². The maximum atomic E-state index is 13.5. The van der Waals surface area contributed by atoms with E-state index in [1.165, 1.54) is 0 Å². The molecule has 1 aromatic carbocycles. The third-order valence-electron chi connectivity index (χ3n) is 2.57. The summed E-state index contributed by atoms with van der Waals surface area (Å²) in [5.74, 6) is -0.175. The van der Waals surface area contributed by atoms with Gasteiger partial charge in [-0.2, -0.15) is 0 Å². The minimum atomic E-state index is -0.175. The zero-order valence-corrected chi connectivity index (χ0v) is 11.9. The molecule has 1 N–H and O–H groups in total. The summed E-state index contributed by atoms with van der Waals surface area (Å²) >= 11 is 2.11. The third kappa shape index (κ3) is 4.25. The maximum Gasteiger partial charge on any atom is 0.147 e. The Hall–Kier alpha value is -0.360. The van der Waals surface area contributed by atoms with Gasteiger partial charge in [-0.1, -0.05) is 13.8 Å². The van der Waals surface area contributed by atoms with Crippen LogP contribution in [-0.4, -0.2) is 31.1 Å². The number of nitrogens with one attached hydrogen (secondary N) is 1. The topological polar surface area (TPSA) is 15.3 Å². The van der Waals surface area contributed by atoms with E-state index in [1.54, 1.807) is 12.1 Å². The van der Waals surface area contributed by atoms with Crippen LogP contribution in [0.25, 0.3) is 0 Å². The molecule has 0 unspecified atom stereocenters. The lowest BCUT2D eigenvalue weighted by Crippen LogP contribution is -2.28. The molecule has 2 nitrogen and oxygen atoms in total. The smallest absolute Gasteiger partial charge is 0.147 e. The van der Waals surface area contributed by atoms with Crippen molar-refractivity contribution in [1.29, 1.82) is 0 Å². The largest absolute Gasteiger partial charge is 0.381 e. The van der Waals surface area contributed by atoms with Crippen molar-refractivity contribution in [3.05, 3.63) is 27.6 Å². The Morgan fingerprint density at radius 3 is 2.56 bits per heavy atom. The summed E-state index contributed by atoms with van der Waals surface area (Å²) in [5.41, 5.74) is 0.590. The summed E-state index contributed by atoms with van der Waals surface area (Å²) < 4.78 is 14.4. The molecule has 0 saturated carbocycles. The van der Waals surface area contributed by atoms with Gasteiger partial charge in [0.1, 0.15) is 5.82 Å². The highest BCUT2D eigenvalue weighted by Crippen LogP contribution is 2.16. The average Bonchev–Trinajstić information content (AvgIpc) is 2.27. The molecule has 0 aliphatic carbocycles. The molecule has 1 rings (SSSR count). The molecule has 0 fully saturated rings. The van der Waals surface area contributed by atoms with Crippen molar-refractivity contribution >= 4 is 28.3 Å². The highest BCUT2D eigenvalue weighted by molar-refractivity contribution is 14.1. The van der Waals surface area contributed by atoms with E-state index in [4.69, 9.17) is 0 Å². The molecule has 0 saturated heterocycles. The molecule has 0 radical (unpaired) electrons. The summed E-state index contributed by atoms with van der Waals surface area (Å²) in [7, 11) is 0. The van der Waals surface area contributed by atoms with Crippen LogP contribution in [0.3, 0.4) is 0 Å². The molecule has 0 amide bonds. The molecule has 16 heavy (non-hydrogen) atoms. The first-order chi connectivity index (χ1) is 7.67. The van der Waals surface area contributed by atoms with Gasteiger partial charge in [-0.3, -0.25) is 0 Å². The third-order valence-corrected chi connectivity index (χ3v) is 3.24. The Kier molecular flexibility index (Phi) is 6.05. The second kappa shape index (κ2) is 7.06. The molecule has 1 aromatic rings. The fraction of sp³-hybridized carbons (Fsp3) is 0.500. The summed E-state index contributed by atoms with van der Waals surface area (Å²) in [4.78, 5) is 2.30. The SMILES string of the molecule is CCN(CC)CCNc1ccc(I)cc1F. The van der Waals surface area contributed by atoms with Crippen molar-refractivity contribution in [2.45, 2.75) is 13.8 Å². The molecule has 0 spiro atoms. The molecule has 0 aliphatic rings. The molecular weight excluding hydrogens is 318 g/mol. The van der Waals surface area contributed by atoms with E-state index in [9.17, 15) is 4.39 Å². The van der Waals surface area contributed by atoms with E-state index in [0.29, 0.717) is 5.69 Å². The molecule has 0 bridgehead atoms. The van der Waals surface area contributed by atoms with Gasteiger partial charge in [-0.15, -0.1) is 0 Å². The van der Waals surface area contributed by atoms with Gasteiger partial charge in [0.15, 0.2) is 0 Å². The predicted molar refractivity (Wildman–Crippen MR) is 75.4 cm³/mol. The molecular formula is C12H18FIN2. The highest BCUT2D eigenvalue weighted by Gasteiger charge is 2.03. The van der Waals surface area contributed by atoms with Crippen molar-refractivity contribution in [1.82, 2.24) is 4.90 Å². The lowest BCUT2D eigenvalue weighted by Gasteiger charge is -2.18. The zero-order chi connectivity index (χ0) is 12.0. The van der Waals surface area contributed by atoms with Crippen molar-refractivity contribution in [3.63, 3.8) is 0 Å². The number of halogens is 2. The Morgan fingerprint density at radius 2 is 2.00 bits per heavy atom. The van der Waals surface area contributed by atoms with Crippen LogP contribution in [0.4, 0.5) is 10.1 Å². The standard InChI is InChI=1S/C12H18FIN2/c1-3-16(4-2)8-7-15-12-6-5-10(14)9-11(12)13/h5-6,9,15H,3-4,7-8H2,1-2H3. The van der Waals surface area contributed by atoms with Crippen molar-refractivity contribution in [3.8, 4) is 0 Å². The maximum absolute atomic E-state index is 13.5. The van der Waals surface area contributed by atoms with Gasteiger partial charge >= 0.3 is 0 Å². The van der Waals surface area contributed by atoms with Crippen LogP contribution >= 0.6 is 22.6 Å². The van der Waals surface area contributed by atoms with Gasteiger partial charge < -0.3 is 10.2 Å². The van der Waals surface area contributed by atoms with Gasteiger partial charge in [-0.05, 0) is 53.9 Å². The number of hydrogen-bond donors (Lipinski definition) is 1. The van der Waals surface area contributed by atoms with E-state index in [0.717, 1.165) is 29.7 Å². The number of nitrogens with zero attached hydrogens (tertiary/aromatic N) is 1. The van der Waals surface area contributed by atoms with Crippen molar-refractivity contribution < 1.29 is 4.39 Å². The van der Waals surface area contributed by atoms with Gasteiger partial charge in [0.05, 0.1) is 5.69 Å². The number of hydrogen-bond acceptors (Lipinski definition) is 2. The normalized spacial score (nSPS) is 10.8. The van der Waals surface area contributed by atoms with Crippen LogP contribution in [0.1, 0.15) is 13.8 Å². The first kappa shape index (κ1) is 13.7. The molecule has 4 heteroatoms. The van der Waals surface area contributed by atoms with Gasteiger partial charge in [0.25, 0.3) is 0 Å². The molecule has 90 valence electrons. The van der Waals surface area contributed by atoms with Gasteiger partial charge in [0.2, 0.25) is 0 Å². The first-order valence-electron chi connectivity index (χ1n) is 5.58. The average molecular weight is 336 g/mol. The molecule has 0 aliphatic heterocycles. The van der Waals surface area contributed by atoms with Gasteiger partial charge in [-0.25, -0.2) is 4.39 Å². The van der Waals surface area contributed by atoms with Crippen LogP contribution in [0, 0.1) is 9.39 Å². The summed E-state index contributed by atoms with van der Waals surface area (Å²) in [6.07, 6.45) is 0. The fourth-order valence-corrected chi connectivity index (χ4v) is 1.97. The van der Waals surface area contributed by atoms with Crippen LogP contribution in [0.2, 0.25) is 0 Å². The predicted octanol–water partition coefficient (Wildman–Crippen LogP) is 3.18. The zero-order valence-electron chi connectivity index (χ0n) is 9.76. The van der Waals surface area contributed by atoms with E-state index in [-0.39, 0.29) is 5.82 Å². The lowest BCUT2D eigenvalue weighted by atomic mass is 10.3. The highest BCUT2D eigenvalue weighted by atomic mass is 127. The Morgan fingerprint density at radius 1 is 1.31 bits per heavy atom. The van der Waals surface area contributed by atoms with Crippen LogP contribution < -0.4 is 5.32 Å². The number of likely N-dealkylation sites (N-methyl/N-ethyl adjacent to an activating group) is 1. The quantitative estimate of drug-likeness (QED) is 0.803. The van der Waals surface area contributed by atoms with Crippen LogP contribution in [0.5, 0.6) is 0 Å². The Balaban J connectivity index is 2.42. The molecule has 0 atom stereocenters. The van der Waals surface area contributed by atoms with E-state index < -0.39 is 0 Å². The Labute approximate surface area is 110 Å². The summed E-state index contributed by atoms with van der Waals surface area (Å²) in [5, 5.41) is 3.12. The Bertz CT molecular complexity index is 327. The second-order valence-corrected chi connectivity index (χ2v) is 4.82.